The highest BCUT2D eigenvalue weighted by molar-refractivity contribution is 7.10. The fourth-order valence-electron chi connectivity index (χ4n) is 2.94. The van der Waals surface area contributed by atoms with E-state index in [0.29, 0.717) is 21.9 Å². The molecule has 0 aliphatic heterocycles. The second kappa shape index (κ2) is 9.14. The Balaban J connectivity index is 0.000000229. The number of anilines is 3. The Labute approximate surface area is 182 Å². The Kier molecular flexibility index (Phi) is 6.37. The summed E-state index contributed by atoms with van der Waals surface area (Å²) < 4.78 is 3.85. The molecule has 0 spiro atoms. The van der Waals surface area contributed by atoms with E-state index in [1.54, 1.807) is 25.1 Å². The Morgan fingerprint density at radius 3 is 2.26 bits per heavy atom. The molecule has 4 aromatic rings. The number of benzene rings is 3. The maximum atomic E-state index is 12.3. The molecule has 3 aromatic carbocycles. The average Bonchev–Trinajstić information content (AvgIpc) is 3.10. The van der Waals surface area contributed by atoms with Crippen LogP contribution in [0.5, 0.6) is 5.75 Å². The summed E-state index contributed by atoms with van der Waals surface area (Å²) in [5.74, 6) is -1.10. The van der Waals surface area contributed by atoms with Crippen molar-refractivity contribution < 1.29 is 14.7 Å². The van der Waals surface area contributed by atoms with Crippen molar-refractivity contribution in [3.8, 4) is 5.75 Å². The average molecular weight is 436 g/mol. The number of hydrogen-bond acceptors (Lipinski definition) is 7. The lowest BCUT2D eigenvalue weighted by molar-refractivity contribution is 0.0997. The standard InChI is InChI=1S/C17H14N2O2.C5H7N3OS/c18-15-13-9-5-4-6-11(13)10-14(16(15)20)17(21)19-12-7-2-1-3-8-12;1-2-3(4(6)9)5(7)10-8-2/h1-10,20H,18H2,(H,19,21);7H2,1H3,(H2,6,9). The lowest BCUT2D eigenvalue weighted by Crippen LogP contribution is -2.13. The summed E-state index contributed by atoms with van der Waals surface area (Å²) >= 11 is 1.09. The number of phenols is 1. The van der Waals surface area contributed by atoms with Crippen molar-refractivity contribution >= 4 is 50.5 Å². The van der Waals surface area contributed by atoms with Gasteiger partial charge in [0.1, 0.15) is 5.00 Å². The van der Waals surface area contributed by atoms with E-state index in [1.807, 2.05) is 42.5 Å². The minimum atomic E-state index is -0.510. The van der Waals surface area contributed by atoms with Crippen molar-refractivity contribution in [3.05, 3.63) is 77.5 Å². The van der Waals surface area contributed by atoms with Gasteiger partial charge in [-0.15, -0.1) is 0 Å². The van der Waals surface area contributed by atoms with Crippen LogP contribution in [0, 0.1) is 6.92 Å². The molecular formula is C22H21N5O3S. The molecule has 0 fully saturated rings. The van der Waals surface area contributed by atoms with Crippen molar-refractivity contribution in [1.29, 1.82) is 0 Å². The van der Waals surface area contributed by atoms with Gasteiger partial charge in [-0.25, -0.2) is 0 Å². The van der Waals surface area contributed by atoms with Crippen LogP contribution in [0.4, 0.5) is 16.4 Å². The number of nitrogen functional groups attached to an aromatic ring is 2. The summed E-state index contributed by atoms with van der Waals surface area (Å²) in [7, 11) is 0. The van der Waals surface area contributed by atoms with Crippen LogP contribution >= 0.6 is 11.5 Å². The first-order chi connectivity index (χ1) is 14.8. The first-order valence-electron chi connectivity index (χ1n) is 9.17. The van der Waals surface area contributed by atoms with Gasteiger partial charge in [0.15, 0.2) is 5.75 Å². The number of aryl methyl sites for hydroxylation is 1. The van der Waals surface area contributed by atoms with Crippen molar-refractivity contribution in [3.63, 3.8) is 0 Å². The van der Waals surface area contributed by atoms with Crippen LogP contribution in [0.1, 0.15) is 26.4 Å². The first-order valence-corrected chi connectivity index (χ1v) is 9.95. The van der Waals surface area contributed by atoms with Gasteiger partial charge in [-0.05, 0) is 42.0 Å². The van der Waals surface area contributed by atoms with Crippen molar-refractivity contribution in [2.24, 2.45) is 5.73 Å². The second-order valence-electron chi connectivity index (χ2n) is 6.60. The molecule has 0 saturated carbocycles. The molecule has 4 rings (SSSR count). The lowest BCUT2D eigenvalue weighted by atomic mass is 10.0. The van der Waals surface area contributed by atoms with Gasteiger partial charge in [-0.1, -0.05) is 42.5 Å². The number of carbonyl (C=O) groups is 2. The summed E-state index contributed by atoms with van der Waals surface area (Å²) in [6, 6.07) is 18.1. The molecule has 8 nitrogen and oxygen atoms in total. The molecule has 31 heavy (non-hydrogen) atoms. The molecule has 0 atom stereocenters. The van der Waals surface area contributed by atoms with Gasteiger partial charge < -0.3 is 27.6 Å². The molecular weight excluding hydrogens is 414 g/mol. The topological polar surface area (TPSA) is 157 Å². The van der Waals surface area contributed by atoms with Gasteiger partial charge in [-0.2, -0.15) is 4.37 Å². The van der Waals surface area contributed by atoms with Crippen LogP contribution in [0.3, 0.4) is 0 Å². The number of aromatic hydroxyl groups is 1. The van der Waals surface area contributed by atoms with Crippen molar-refractivity contribution in [2.75, 3.05) is 16.8 Å². The summed E-state index contributed by atoms with van der Waals surface area (Å²) in [6.07, 6.45) is 0. The molecule has 1 aromatic heterocycles. The number of phenolic OH excluding ortho intramolecular Hbond substituents is 1. The number of carbonyl (C=O) groups excluding carboxylic acids is 2. The SMILES string of the molecule is Cc1nsc(N)c1C(N)=O.Nc1c(O)c(C(=O)Nc2ccccc2)cc2ccccc12. The molecule has 0 saturated heterocycles. The Morgan fingerprint density at radius 1 is 1.03 bits per heavy atom. The number of nitrogens with one attached hydrogen (secondary N) is 1. The summed E-state index contributed by atoms with van der Waals surface area (Å²) in [5, 5.41) is 14.8. The Hall–Kier alpha value is -4.11. The zero-order valence-corrected chi connectivity index (χ0v) is 17.4. The third-order valence-corrected chi connectivity index (χ3v) is 5.24. The number of amides is 2. The minimum Gasteiger partial charge on any atom is -0.505 e. The highest BCUT2D eigenvalue weighted by Crippen LogP contribution is 2.33. The number of rotatable bonds is 3. The third kappa shape index (κ3) is 4.73. The fourth-order valence-corrected chi connectivity index (χ4v) is 3.61. The van der Waals surface area contributed by atoms with Crippen molar-refractivity contribution in [1.82, 2.24) is 4.37 Å². The number of nitrogens with zero attached hydrogens (tertiary/aromatic N) is 1. The maximum Gasteiger partial charge on any atom is 0.259 e. The number of primary amides is 1. The van der Waals surface area contributed by atoms with Crippen LogP contribution in [0.15, 0.2) is 60.7 Å². The molecule has 0 unspecified atom stereocenters. The second-order valence-corrected chi connectivity index (χ2v) is 7.40. The van der Waals surface area contributed by atoms with E-state index in [1.165, 1.54) is 0 Å². The van der Waals surface area contributed by atoms with E-state index < -0.39 is 11.8 Å². The molecule has 0 radical (unpaired) electrons. The summed E-state index contributed by atoms with van der Waals surface area (Å²) in [5.41, 5.74) is 18.3. The van der Waals surface area contributed by atoms with Crippen LogP contribution in [-0.4, -0.2) is 21.3 Å². The third-order valence-electron chi connectivity index (χ3n) is 4.47. The molecule has 158 valence electrons. The van der Waals surface area contributed by atoms with E-state index in [9.17, 15) is 14.7 Å². The van der Waals surface area contributed by atoms with Gasteiger partial charge >= 0.3 is 0 Å². The predicted molar refractivity (Wildman–Crippen MR) is 124 cm³/mol. The number of fused-ring (bicyclic) bond motifs is 1. The Morgan fingerprint density at radius 2 is 1.68 bits per heavy atom. The molecule has 0 aliphatic carbocycles. The van der Waals surface area contributed by atoms with Gasteiger partial charge in [0, 0.05) is 11.1 Å². The lowest BCUT2D eigenvalue weighted by Gasteiger charge is -2.11. The van der Waals surface area contributed by atoms with Crippen LogP contribution in [0.25, 0.3) is 10.8 Å². The number of aromatic nitrogens is 1. The summed E-state index contributed by atoms with van der Waals surface area (Å²) in [4.78, 5) is 22.9. The van der Waals surface area contributed by atoms with E-state index in [0.717, 1.165) is 22.3 Å². The fraction of sp³-hybridized carbons (Fsp3) is 0.0455. The van der Waals surface area contributed by atoms with Gasteiger partial charge in [0.25, 0.3) is 11.8 Å². The van der Waals surface area contributed by atoms with Crippen LogP contribution in [0.2, 0.25) is 0 Å². The largest absolute Gasteiger partial charge is 0.505 e. The number of hydrogen-bond donors (Lipinski definition) is 5. The van der Waals surface area contributed by atoms with E-state index in [-0.39, 0.29) is 17.0 Å². The monoisotopic (exact) mass is 435 g/mol. The predicted octanol–water partition coefficient (Wildman–Crippen LogP) is 3.51. The quantitative estimate of drug-likeness (QED) is 0.245. The molecule has 1 heterocycles. The zero-order chi connectivity index (χ0) is 22.5. The number of nitrogens with two attached hydrogens (primary N) is 3. The molecule has 0 aliphatic rings. The molecule has 2 amide bonds. The summed E-state index contributed by atoms with van der Waals surface area (Å²) in [6.45, 7) is 1.70. The van der Waals surface area contributed by atoms with E-state index >= 15 is 0 Å². The Bertz CT molecular complexity index is 1240. The zero-order valence-electron chi connectivity index (χ0n) is 16.6. The molecule has 8 N–H and O–H groups in total. The first kappa shape index (κ1) is 21.6. The van der Waals surface area contributed by atoms with Gasteiger partial charge in [-0.3, -0.25) is 9.59 Å². The van der Waals surface area contributed by atoms with Gasteiger partial charge in [0.05, 0.1) is 22.5 Å². The maximum absolute atomic E-state index is 12.3. The minimum absolute atomic E-state index is 0.162. The smallest absolute Gasteiger partial charge is 0.259 e. The van der Waals surface area contributed by atoms with Gasteiger partial charge in [0.2, 0.25) is 0 Å². The van der Waals surface area contributed by atoms with E-state index in [2.05, 4.69) is 9.69 Å². The highest BCUT2D eigenvalue weighted by atomic mass is 32.1. The highest BCUT2D eigenvalue weighted by Gasteiger charge is 2.16. The molecule has 0 bridgehead atoms. The van der Waals surface area contributed by atoms with E-state index in [4.69, 9.17) is 17.2 Å². The number of para-hydroxylation sites is 1. The van der Waals surface area contributed by atoms with Crippen molar-refractivity contribution in [2.45, 2.75) is 6.92 Å². The molecule has 9 heteroatoms. The normalized spacial score (nSPS) is 10.2. The van der Waals surface area contributed by atoms with Crippen LogP contribution in [-0.2, 0) is 0 Å². The van der Waals surface area contributed by atoms with Crippen LogP contribution < -0.4 is 22.5 Å².